The van der Waals surface area contributed by atoms with E-state index in [9.17, 15) is 4.79 Å². The van der Waals surface area contributed by atoms with Crippen molar-refractivity contribution in [2.75, 3.05) is 13.7 Å². The summed E-state index contributed by atoms with van der Waals surface area (Å²) in [5.41, 5.74) is 6.21. The molecular formula is C34H31N5O3S. The number of carbonyl (C=O) groups is 1. The number of aryl methyl sites for hydroxylation is 1. The molecule has 216 valence electrons. The summed E-state index contributed by atoms with van der Waals surface area (Å²) in [4.78, 5) is 17.5. The fourth-order valence-electron chi connectivity index (χ4n) is 5.25. The van der Waals surface area contributed by atoms with Crippen LogP contribution in [0.5, 0.6) is 11.5 Å². The van der Waals surface area contributed by atoms with E-state index in [1.165, 1.54) is 16.8 Å². The largest absolute Gasteiger partial charge is 0.493 e. The van der Waals surface area contributed by atoms with E-state index in [4.69, 9.17) is 14.9 Å². The highest BCUT2D eigenvalue weighted by molar-refractivity contribution is 8.27. The quantitative estimate of drug-likeness (QED) is 0.172. The second-order valence-corrected chi connectivity index (χ2v) is 11.2. The number of amidine groups is 2. The van der Waals surface area contributed by atoms with Gasteiger partial charge in [0.25, 0.3) is 5.91 Å². The predicted octanol–water partition coefficient (Wildman–Crippen LogP) is 6.74. The maximum Gasteiger partial charge on any atom is 0.283 e. The SMILES string of the molecule is C=CCc1ccc(OCCn2c(C)c(C=C3C(=N)N4N=C(c5ccc(C)cc5)SC4=NC3=O)c3ccccc32)c(OC)c1. The van der Waals surface area contributed by atoms with Crippen LogP contribution in [0, 0.1) is 19.3 Å². The molecule has 0 atom stereocenters. The molecule has 4 aromatic rings. The zero-order valence-corrected chi connectivity index (χ0v) is 25.1. The maximum atomic E-state index is 13.2. The molecule has 8 nitrogen and oxygen atoms in total. The number of methoxy groups -OCH3 is 1. The average molecular weight is 590 g/mol. The molecule has 0 spiro atoms. The standard InChI is InChI=1S/C34H31N5O3S/c1-5-8-23-13-16-29(30(19-23)41-4)42-18-17-38-22(3)26(25-9-6-7-10-28(25)38)20-27-31(35)39-34(36-32(27)40)43-33(37-39)24-14-11-21(2)12-15-24/h5-7,9-16,19-20,35H,1,8,17-18H2,2-4H3. The molecule has 1 aromatic heterocycles. The number of aliphatic imine (C=N–C) groups is 1. The van der Waals surface area contributed by atoms with Crippen LogP contribution in [0.4, 0.5) is 0 Å². The van der Waals surface area contributed by atoms with Gasteiger partial charge in [-0.05, 0) is 61.9 Å². The van der Waals surface area contributed by atoms with E-state index >= 15 is 0 Å². The molecule has 2 aliphatic rings. The van der Waals surface area contributed by atoms with Crippen molar-refractivity contribution in [3.63, 3.8) is 0 Å². The second kappa shape index (κ2) is 11.8. The molecule has 1 N–H and O–H groups in total. The first kappa shape index (κ1) is 28.2. The molecule has 43 heavy (non-hydrogen) atoms. The summed E-state index contributed by atoms with van der Waals surface area (Å²) in [5.74, 6) is 0.920. The van der Waals surface area contributed by atoms with Crippen LogP contribution in [-0.2, 0) is 17.8 Å². The molecule has 3 heterocycles. The zero-order chi connectivity index (χ0) is 30.1. The number of aromatic nitrogens is 1. The Morgan fingerprint density at radius 1 is 1.05 bits per heavy atom. The van der Waals surface area contributed by atoms with Crippen LogP contribution in [0.15, 0.2) is 95.1 Å². The monoisotopic (exact) mass is 589 g/mol. The number of nitrogens with zero attached hydrogens (tertiary/aromatic N) is 4. The number of ether oxygens (including phenoxy) is 2. The predicted molar refractivity (Wildman–Crippen MR) is 174 cm³/mol. The lowest BCUT2D eigenvalue weighted by atomic mass is 10.1. The number of thioether (sulfide) groups is 1. The smallest absolute Gasteiger partial charge is 0.283 e. The minimum atomic E-state index is -0.448. The lowest BCUT2D eigenvalue weighted by molar-refractivity contribution is -0.114. The molecule has 3 aromatic carbocycles. The number of hydrogen-bond donors (Lipinski definition) is 1. The van der Waals surface area contributed by atoms with Gasteiger partial charge < -0.3 is 14.0 Å². The lowest BCUT2D eigenvalue weighted by Crippen LogP contribution is -2.35. The van der Waals surface area contributed by atoms with Crippen LogP contribution >= 0.6 is 11.8 Å². The van der Waals surface area contributed by atoms with Crippen molar-refractivity contribution in [2.45, 2.75) is 26.8 Å². The summed E-state index contributed by atoms with van der Waals surface area (Å²) in [7, 11) is 1.63. The van der Waals surface area contributed by atoms with Gasteiger partial charge in [-0.2, -0.15) is 15.1 Å². The van der Waals surface area contributed by atoms with Crippen LogP contribution < -0.4 is 9.47 Å². The fourth-order valence-corrected chi connectivity index (χ4v) is 6.15. The first-order valence-corrected chi connectivity index (χ1v) is 14.7. The third-order valence-corrected chi connectivity index (χ3v) is 8.46. The number of hydrogen-bond acceptors (Lipinski definition) is 6. The number of benzene rings is 3. The van der Waals surface area contributed by atoms with Crippen molar-refractivity contribution in [1.29, 1.82) is 5.41 Å². The fraction of sp³-hybridized carbons (Fsp3) is 0.176. The maximum absolute atomic E-state index is 13.2. The van der Waals surface area contributed by atoms with Gasteiger partial charge in [-0.3, -0.25) is 10.2 Å². The Morgan fingerprint density at radius 3 is 2.60 bits per heavy atom. The van der Waals surface area contributed by atoms with Crippen LogP contribution in [0.1, 0.15) is 27.9 Å². The summed E-state index contributed by atoms with van der Waals surface area (Å²) in [6.45, 7) is 8.84. The van der Waals surface area contributed by atoms with Crippen molar-refractivity contribution in [3.05, 3.63) is 113 Å². The van der Waals surface area contributed by atoms with Gasteiger partial charge in [0.1, 0.15) is 11.7 Å². The highest BCUT2D eigenvalue weighted by Gasteiger charge is 2.36. The summed E-state index contributed by atoms with van der Waals surface area (Å²) in [5, 5.41) is 17.1. The van der Waals surface area contributed by atoms with Gasteiger partial charge in [-0.15, -0.1) is 6.58 Å². The van der Waals surface area contributed by atoms with E-state index in [0.717, 1.165) is 45.3 Å². The van der Waals surface area contributed by atoms with E-state index in [0.29, 0.717) is 34.9 Å². The number of nitrogens with one attached hydrogen (secondary N) is 1. The van der Waals surface area contributed by atoms with Gasteiger partial charge in [-0.25, -0.2) is 0 Å². The number of allylic oxidation sites excluding steroid dienone is 1. The van der Waals surface area contributed by atoms with E-state index in [1.54, 1.807) is 13.2 Å². The van der Waals surface area contributed by atoms with Gasteiger partial charge in [-0.1, -0.05) is 60.2 Å². The Labute approximate surface area is 254 Å². The van der Waals surface area contributed by atoms with Crippen molar-refractivity contribution >= 4 is 50.7 Å². The van der Waals surface area contributed by atoms with Crippen molar-refractivity contribution in [3.8, 4) is 11.5 Å². The van der Waals surface area contributed by atoms with Crippen molar-refractivity contribution in [1.82, 2.24) is 9.58 Å². The topological polar surface area (TPSA) is 92.3 Å². The number of amides is 1. The van der Waals surface area contributed by atoms with Crippen LogP contribution in [0.3, 0.4) is 0 Å². The van der Waals surface area contributed by atoms with Gasteiger partial charge in [0.05, 0.1) is 19.2 Å². The summed E-state index contributed by atoms with van der Waals surface area (Å²) >= 11 is 1.30. The van der Waals surface area contributed by atoms with Gasteiger partial charge in [0.2, 0.25) is 5.17 Å². The third-order valence-electron chi connectivity index (χ3n) is 7.50. The molecule has 0 saturated heterocycles. The molecule has 0 aliphatic carbocycles. The van der Waals surface area contributed by atoms with Gasteiger partial charge in [0, 0.05) is 27.7 Å². The summed E-state index contributed by atoms with van der Waals surface area (Å²) in [6.07, 6.45) is 4.38. The van der Waals surface area contributed by atoms with Gasteiger partial charge in [0.15, 0.2) is 17.3 Å². The number of rotatable bonds is 9. The Balaban J connectivity index is 1.28. The lowest BCUT2D eigenvalue weighted by Gasteiger charge is -2.20. The average Bonchev–Trinajstić information content (AvgIpc) is 3.55. The first-order valence-electron chi connectivity index (χ1n) is 13.9. The normalized spacial score (nSPS) is 15.5. The van der Waals surface area contributed by atoms with E-state index in [-0.39, 0.29) is 11.4 Å². The Morgan fingerprint density at radius 2 is 1.84 bits per heavy atom. The number of fused-ring (bicyclic) bond motifs is 2. The second-order valence-electron chi connectivity index (χ2n) is 10.3. The molecule has 9 heteroatoms. The third kappa shape index (κ3) is 5.39. The molecule has 2 aliphatic heterocycles. The highest BCUT2D eigenvalue weighted by atomic mass is 32.2. The molecule has 0 radical (unpaired) electrons. The molecule has 1 amide bonds. The van der Waals surface area contributed by atoms with Gasteiger partial charge >= 0.3 is 0 Å². The summed E-state index contributed by atoms with van der Waals surface area (Å²) < 4.78 is 13.9. The molecule has 6 rings (SSSR count). The van der Waals surface area contributed by atoms with Crippen molar-refractivity contribution < 1.29 is 14.3 Å². The van der Waals surface area contributed by atoms with Crippen LogP contribution in [-0.4, -0.2) is 45.2 Å². The molecule has 0 saturated carbocycles. The van der Waals surface area contributed by atoms with E-state index in [2.05, 4.69) is 27.3 Å². The molecule has 0 fully saturated rings. The Hall–Kier alpha value is -4.89. The minimum absolute atomic E-state index is 0.0103. The minimum Gasteiger partial charge on any atom is -0.493 e. The van der Waals surface area contributed by atoms with Crippen LogP contribution in [0.25, 0.3) is 17.0 Å². The number of hydrazone groups is 1. The Bertz CT molecular complexity index is 1870. The van der Waals surface area contributed by atoms with E-state index < -0.39 is 5.91 Å². The molecular weight excluding hydrogens is 558 g/mol. The zero-order valence-electron chi connectivity index (χ0n) is 24.3. The van der Waals surface area contributed by atoms with Crippen LogP contribution in [0.2, 0.25) is 0 Å². The van der Waals surface area contributed by atoms with E-state index in [1.807, 2.05) is 80.6 Å². The Kier molecular flexibility index (Phi) is 7.73. The summed E-state index contributed by atoms with van der Waals surface area (Å²) in [6, 6.07) is 21.9. The molecule has 0 unspecified atom stereocenters. The first-order chi connectivity index (χ1) is 20.9. The number of para-hydroxylation sites is 1. The van der Waals surface area contributed by atoms with Crippen molar-refractivity contribution in [2.24, 2.45) is 10.1 Å². The highest BCUT2D eigenvalue weighted by Crippen LogP contribution is 2.34. The number of carbonyl (C=O) groups excluding carboxylic acids is 1. The molecule has 0 bridgehead atoms.